The normalized spacial score (nSPS) is 18.3. The zero-order valence-corrected chi connectivity index (χ0v) is 16.4. The number of aliphatic carboxylic acids is 1. The summed E-state index contributed by atoms with van der Waals surface area (Å²) >= 11 is 0. The molecule has 1 fully saturated rings. The highest BCUT2D eigenvalue weighted by molar-refractivity contribution is 5.80. The first-order valence-electron chi connectivity index (χ1n) is 9.33. The van der Waals surface area contributed by atoms with E-state index in [9.17, 15) is 14.7 Å². The van der Waals surface area contributed by atoms with Crippen molar-refractivity contribution in [2.24, 2.45) is 0 Å². The lowest BCUT2D eigenvalue weighted by Gasteiger charge is -2.39. The summed E-state index contributed by atoms with van der Waals surface area (Å²) in [5.41, 5.74) is 0.488. The summed E-state index contributed by atoms with van der Waals surface area (Å²) in [7, 11) is 0. The van der Waals surface area contributed by atoms with Gasteiger partial charge in [0.25, 0.3) is 0 Å². The number of rotatable bonds is 7. The summed E-state index contributed by atoms with van der Waals surface area (Å²) in [5.74, 6) is -1.01. The minimum absolute atomic E-state index is 0.299. The number of amides is 1. The number of carboxylic acids is 1. The van der Waals surface area contributed by atoms with Crippen LogP contribution >= 0.6 is 0 Å². The Morgan fingerprint density at radius 2 is 1.89 bits per heavy atom. The van der Waals surface area contributed by atoms with Crippen LogP contribution in [-0.4, -0.2) is 71.4 Å². The monoisotopic (exact) mass is 378 g/mol. The Kier molecular flexibility index (Phi) is 7.62. The quantitative estimate of drug-likeness (QED) is 0.735. The van der Waals surface area contributed by atoms with Gasteiger partial charge < -0.3 is 14.6 Å². The summed E-state index contributed by atoms with van der Waals surface area (Å²) in [5, 5.41) is 9.51. The third-order valence-electron chi connectivity index (χ3n) is 4.25. The highest BCUT2D eigenvalue weighted by Crippen LogP contribution is 2.16. The molecule has 1 N–H and O–H groups in total. The van der Waals surface area contributed by atoms with Crippen LogP contribution in [0.25, 0.3) is 0 Å². The second-order valence-electron chi connectivity index (χ2n) is 7.72. The second kappa shape index (κ2) is 9.71. The van der Waals surface area contributed by atoms with Crippen molar-refractivity contribution in [2.45, 2.75) is 45.4 Å². The van der Waals surface area contributed by atoms with E-state index in [0.717, 1.165) is 18.5 Å². The molecule has 0 radical (unpaired) electrons. The van der Waals surface area contributed by atoms with Crippen molar-refractivity contribution in [3.8, 4) is 0 Å². The molecule has 0 aromatic heterocycles. The molecule has 1 atom stereocenters. The fraction of sp³-hybridized carbons (Fsp3) is 0.600. The Morgan fingerprint density at radius 1 is 1.19 bits per heavy atom. The van der Waals surface area contributed by atoms with Gasteiger partial charge in [0.15, 0.2) is 0 Å². The summed E-state index contributed by atoms with van der Waals surface area (Å²) < 4.78 is 11.0. The first kappa shape index (κ1) is 21.2. The zero-order chi connectivity index (χ0) is 19.9. The number of hydrogen-bond acceptors (Lipinski definition) is 5. The minimum atomic E-state index is -1.01. The van der Waals surface area contributed by atoms with Crippen molar-refractivity contribution in [3.05, 3.63) is 35.9 Å². The molecule has 0 bridgehead atoms. The predicted octanol–water partition coefficient (Wildman–Crippen LogP) is 2.60. The molecule has 0 aliphatic carbocycles. The average Bonchev–Trinajstić information content (AvgIpc) is 2.60. The number of nitrogens with zero attached hydrogens (tertiary/aromatic N) is 2. The molecule has 0 spiro atoms. The Bertz CT molecular complexity index is 615. The molecule has 7 nitrogen and oxygen atoms in total. The van der Waals surface area contributed by atoms with Crippen molar-refractivity contribution >= 4 is 12.1 Å². The SMILES string of the molecule is CC(C)(C)OC(=O)N1CCN(CCCOCc2ccccc2)C[C@@H]1C(=O)O. The van der Waals surface area contributed by atoms with Crippen LogP contribution in [0.2, 0.25) is 0 Å². The van der Waals surface area contributed by atoms with Gasteiger partial charge in [-0.15, -0.1) is 0 Å². The van der Waals surface area contributed by atoms with E-state index in [1.54, 1.807) is 20.8 Å². The minimum Gasteiger partial charge on any atom is -0.480 e. The maximum Gasteiger partial charge on any atom is 0.411 e. The molecular weight excluding hydrogens is 348 g/mol. The van der Waals surface area contributed by atoms with E-state index in [1.165, 1.54) is 4.90 Å². The molecule has 2 rings (SSSR count). The molecule has 0 saturated carbocycles. The Labute approximate surface area is 160 Å². The first-order valence-corrected chi connectivity index (χ1v) is 9.33. The molecule has 1 amide bonds. The van der Waals surface area contributed by atoms with E-state index in [4.69, 9.17) is 9.47 Å². The van der Waals surface area contributed by atoms with Gasteiger partial charge in [-0.2, -0.15) is 0 Å². The van der Waals surface area contributed by atoms with E-state index in [1.807, 2.05) is 30.3 Å². The molecule has 150 valence electrons. The van der Waals surface area contributed by atoms with Gasteiger partial charge in [0.1, 0.15) is 11.6 Å². The number of carboxylic acid groups (broad SMARTS) is 1. The van der Waals surface area contributed by atoms with Crippen LogP contribution in [0.3, 0.4) is 0 Å². The third-order valence-corrected chi connectivity index (χ3v) is 4.25. The number of benzene rings is 1. The van der Waals surface area contributed by atoms with Gasteiger partial charge in [-0.25, -0.2) is 9.59 Å². The van der Waals surface area contributed by atoms with Crippen molar-refractivity contribution in [1.82, 2.24) is 9.80 Å². The molecule has 1 aromatic carbocycles. The summed E-state index contributed by atoms with van der Waals surface area (Å²) in [4.78, 5) is 27.3. The van der Waals surface area contributed by atoms with Gasteiger partial charge in [-0.05, 0) is 32.8 Å². The Morgan fingerprint density at radius 3 is 2.52 bits per heavy atom. The molecule has 1 aromatic rings. The fourth-order valence-electron chi connectivity index (χ4n) is 2.95. The lowest BCUT2D eigenvalue weighted by molar-refractivity contribution is -0.145. The maximum absolute atomic E-state index is 12.3. The average molecular weight is 378 g/mol. The van der Waals surface area contributed by atoms with E-state index in [-0.39, 0.29) is 0 Å². The van der Waals surface area contributed by atoms with E-state index in [2.05, 4.69) is 4.90 Å². The highest BCUT2D eigenvalue weighted by atomic mass is 16.6. The lowest BCUT2D eigenvalue weighted by Crippen LogP contribution is -2.59. The van der Waals surface area contributed by atoms with E-state index < -0.39 is 23.7 Å². The van der Waals surface area contributed by atoms with Gasteiger partial charge in [-0.1, -0.05) is 30.3 Å². The molecular formula is C20H30N2O5. The van der Waals surface area contributed by atoms with Crippen LogP contribution in [0.4, 0.5) is 4.79 Å². The Balaban J connectivity index is 1.75. The summed E-state index contributed by atoms with van der Waals surface area (Å²) in [6, 6.07) is 9.09. The fourth-order valence-corrected chi connectivity index (χ4v) is 2.95. The standard InChI is InChI=1S/C20H30N2O5/c1-20(2,3)27-19(25)22-12-11-21(14-17(22)18(23)24)10-7-13-26-15-16-8-5-4-6-9-16/h4-6,8-9,17H,7,10-15H2,1-3H3,(H,23,24)/t17-/m1/s1. The number of carbonyl (C=O) groups excluding carboxylic acids is 1. The molecule has 0 unspecified atom stereocenters. The first-order chi connectivity index (χ1) is 12.8. The van der Waals surface area contributed by atoms with Gasteiger partial charge in [0.2, 0.25) is 0 Å². The number of carbonyl (C=O) groups is 2. The molecule has 7 heteroatoms. The second-order valence-corrected chi connectivity index (χ2v) is 7.72. The summed E-state index contributed by atoms with van der Waals surface area (Å²) in [6.45, 7) is 8.50. The van der Waals surface area contributed by atoms with Crippen molar-refractivity contribution in [1.29, 1.82) is 0 Å². The van der Waals surface area contributed by atoms with Crippen molar-refractivity contribution in [2.75, 3.05) is 32.8 Å². The Hall–Kier alpha value is -2.12. The van der Waals surface area contributed by atoms with Crippen LogP contribution < -0.4 is 0 Å². The van der Waals surface area contributed by atoms with Gasteiger partial charge in [0, 0.05) is 32.8 Å². The molecule has 1 aliphatic rings. The van der Waals surface area contributed by atoms with Crippen LogP contribution in [0, 0.1) is 0 Å². The number of piperazine rings is 1. The maximum atomic E-state index is 12.3. The van der Waals surface area contributed by atoms with Gasteiger partial charge in [-0.3, -0.25) is 9.80 Å². The number of hydrogen-bond donors (Lipinski definition) is 1. The highest BCUT2D eigenvalue weighted by Gasteiger charge is 2.37. The van der Waals surface area contributed by atoms with Crippen LogP contribution in [0.5, 0.6) is 0 Å². The topological polar surface area (TPSA) is 79.3 Å². The molecule has 27 heavy (non-hydrogen) atoms. The third kappa shape index (κ3) is 7.19. The van der Waals surface area contributed by atoms with Crippen LogP contribution in [0.1, 0.15) is 32.8 Å². The molecule has 1 saturated heterocycles. The lowest BCUT2D eigenvalue weighted by atomic mass is 10.1. The van der Waals surface area contributed by atoms with Crippen LogP contribution in [-0.2, 0) is 20.9 Å². The number of ether oxygens (including phenoxy) is 2. The van der Waals surface area contributed by atoms with Crippen molar-refractivity contribution in [3.63, 3.8) is 0 Å². The van der Waals surface area contributed by atoms with Crippen LogP contribution in [0.15, 0.2) is 30.3 Å². The molecule has 1 aliphatic heterocycles. The van der Waals surface area contributed by atoms with Gasteiger partial charge >= 0.3 is 12.1 Å². The van der Waals surface area contributed by atoms with Crippen molar-refractivity contribution < 1.29 is 24.2 Å². The van der Waals surface area contributed by atoms with Gasteiger partial charge in [0.05, 0.1) is 6.61 Å². The predicted molar refractivity (Wildman–Crippen MR) is 102 cm³/mol. The summed E-state index contributed by atoms with van der Waals surface area (Å²) in [6.07, 6.45) is 0.242. The van der Waals surface area contributed by atoms with E-state index >= 15 is 0 Å². The van der Waals surface area contributed by atoms with E-state index in [0.29, 0.717) is 32.8 Å². The zero-order valence-electron chi connectivity index (χ0n) is 16.4. The largest absolute Gasteiger partial charge is 0.480 e. The molecule has 1 heterocycles. The smallest absolute Gasteiger partial charge is 0.411 e.